The fraction of sp³-hybridized carbons (Fsp3) is 0.429. The molecule has 3 rings (SSSR count). The summed E-state index contributed by atoms with van der Waals surface area (Å²) in [6, 6.07) is 9.27. The first-order valence-electron chi connectivity index (χ1n) is 6.24. The number of para-hydroxylation sites is 1. The van der Waals surface area contributed by atoms with Crippen LogP contribution in [0.4, 0.5) is 0 Å². The highest BCUT2D eigenvalue weighted by atomic mass is 14.9. The monoisotopic (exact) mass is 214 g/mol. The minimum Gasteiger partial charge on any atom is -0.361 e. The lowest BCUT2D eigenvalue weighted by molar-refractivity contribution is 0.537. The molecule has 0 bridgehead atoms. The number of nitrogens with one attached hydrogen (secondary N) is 2. The summed E-state index contributed by atoms with van der Waals surface area (Å²) in [5.41, 5.74) is 2.74. The van der Waals surface area contributed by atoms with Crippen molar-refractivity contribution in [2.45, 2.75) is 31.7 Å². The summed E-state index contributed by atoms with van der Waals surface area (Å²) in [6.45, 7) is 1.15. The van der Waals surface area contributed by atoms with Crippen molar-refractivity contribution in [3.8, 4) is 0 Å². The number of hydrogen-bond acceptors (Lipinski definition) is 1. The highest BCUT2D eigenvalue weighted by molar-refractivity contribution is 5.82. The Morgan fingerprint density at radius 1 is 1.06 bits per heavy atom. The molecule has 2 heteroatoms. The molecule has 1 fully saturated rings. The van der Waals surface area contributed by atoms with Crippen molar-refractivity contribution in [1.82, 2.24) is 10.3 Å². The Labute approximate surface area is 96.1 Å². The normalized spacial score (nSPS) is 22.1. The molecule has 1 saturated heterocycles. The van der Waals surface area contributed by atoms with Crippen molar-refractivity contribution in [1.29, 1.82) is 0 Å². The van der Waals surface area contributed by atoms with Gasteiger partial charge >= 0.3 is 0 Å². The molecule has 0 radical (unpaired) electrons. The molecule has 84 valence electrons. The zero-order chi connectivity index (χ0) is 10.8. The molecule has 1 aromatic heterocycles. The van der Waals surface area contributed by atoms with E-state index in [9.17, 15) is 0 Å². The smallest absolute Gasteiger partial charge is 0.0502 e. The van der Waals surface area contributed by atoms with Gasteiger partial charge in [0.2, 0.25) is 0 Å². The second-order valence-corrected chi connectivity index (χ2v) is 4.65. The van der Waals surface area contributed by atoms with E-state index in [2.05, 4.69) is 34.6 Å². The van der Waals surface area contributed by atoms with Gasteiger partial charge in [-0.3, -0.25) is 0 Å². The van der Waals surface area contributed by atoms with Crippen LogP contribution in [0.2, 0.25) is 0 Å². The topological polar surface area (TPSA) is 27.8 Å². The summed E-state index contributed by atoms with van der Waals surface area (Å²) in [6.07, 6.45) is 7.32. The van der Waals surface area contributed by atoms with Gasteiger partial charge in [0.15, 0.2) is 0 Å². The van der Waals surface area contributed by atoms with Crippen LogP contribution < -0.4 is 5.32 Å². The van der Waals surface area contributed by atoms with Crippen LogP contribution in [0.25, 0.3) is 10.9 Å². The Hall–Kier alpha value is -1.28. The highest BCUT2D eigenvalue weighted by Gasteiger charge is 2.15. The van der Waals surface area contributed by atoms with Gasteiger partial charge in [0, 0.05) is 12.2 Å². The second kappa shape index (κ2) is 4.30. The molecule has 0 amide bonds. The number of H-pyrrole nitrogens is 1. The third kappa shape index (κ3) is 1.74. The molecule has 2 nitrogen and oxygen atoms in total. The summed E-state index contributed by atoms with van der Waals surface area (Å²) in [5, 5.41) is 4.98. The van der Waals surface area contributed by atoms with Gasteiger partial charge in [0.25, 0.3) is 0 Å². The quantitative estimate of drug-likeness (QED) is 0.748. The third-order valence-corrected chi connectivity index (χ3v) is 3.56. The van der Waals surface area contributed by atoms with Crippen molar-refractivity contribution in [3.63, 3.8) is 0 Å². The van der Waals surface area contributed by atoms with Crippen molar-refractivity contribution in [3.05, 3.63) is 36.0 Å². The van der Waals surface area contributed by atoms with E-state index in [0.717, 1.165) is 6.54 Å². The fourth-order valence-corrected chi connectivity index (χ4v) is 2.69. The first-order chi connectivity index (χ1) is 7.95. The van der Waals surface area contributed by atoms with E-state index in [0.29, 0.717) is 6.04 Å². The van der Waals surface area contributed by atoms with Crippen LogP contribution in [0.5, 0.6) is 0 Å². The van der Waals surface area contributed by atoms with Crippen molar-refractivity contribution >= 4 is 10.9 Å². The Balaban J connectivity index is 2.00. The molecular weight excluding hydrogens is 196 g/mol. The Morgan fingerprint density at radius 3 is 3.06 bits per heavy atom. The molecule has 2 heterocycles. The van der Waals surface area contributed by atoms with Gasteiger partial charge in [-0.05, 0) is 36.4 Å². The number of benzene rings is 1. The minimum absolute atomic E-state index is 0.532. The van der Waals surface area contributed by atoms with E-state index in [1.165, 1.54) is 42.1 Å². The van der Waals surface area contributed by atoms with Crippen LogP contribution in [0.15, 0.2) is 30.5 Å². The van der Waals surface area contributed by atoms with E-state index in [1.807, 2.05) is 6.20 Å². The summed E-state index contributed by atoms with van der Waals surface area (Å²) in [7, 11) is 0. The van der Waals surface area contributed by atoms with E-state index in [-0.39, 0.29) is 0 Å². The number of hydrogen-bond donors (Lipinski definition) is 2. The lowest BCUT2D eigenvalue weighted by Gasteiger charge is -2.17. The first kappa shape index (κ1) is 9.91. The van der Waals surface area contributed by atoms with Crippen LogP contribution in [0, 0.1) is 0 Å². The fourth-order valence-electron chi connectivity index (χ4n) is 2.69. The van der Waals surface area contributed by atoms with Gasteiger partial charge in [-0.25, -0.2) is 0 Å². The van der Waals surface area contributed by atoms with Crippen LogP contribution >= 0.6 is 0 Å². The first-order valence-corrected chi connectivity index (χ1v) is 6.24. The number of fused-ring (bicyclic) bond motifs is 1. The molecular formula is C14H18N2. The summed E-state index contributed by atoms with van der Waals surface area (Å²) >= 11 is 0. The summed E-state index contributed by atoms with van der Waals surface area (Å²) < 4.78 is 0. The molecule has 1 aliphatic heterocycles. The molecule has 1 atom stereocenters. The molecule has 1 aliphatic rings. The van der Waals surface area contributed by atoms with Crippen LogP contribution in [0.1, 0.15) is 37.3 Å². The molecule has 0 aliphatic carbocycles. The lowest BCUT2D eigenvalue weighted by atomic mass is 10.00. The maximum atomic E-state index is 3.66. The van der Waals surface area contributed by atoms with E-state index < -0.39 is 0 Å². The molecule has 1 aromatic carbocycles. The number of aromatic amines is 1. The van der Waals surface area contributed by atoms with Gasteiger partial charge in [-0.2, -0.15) is 0 Å². The van der Waals surface area contributed by atoms with Gasteiger partial charge in [-0.15, -0.1) is 0 Å². The van der Waals surface area contributed by atoms with Gasteiger partial charge in [0.05, 0.1) is 5.52 Å². The van der Waals surface area contributed by atoms with Crippen LogP contribution in [-0.2, 0) is 0 Å². The number of rotatable bonds is 1. The Bertz CT molecular complexity index is 464. The van der Waals surface area contributed by atoms with Crippen molar-refractivity contribution in [2.75, 3.05) is 6.54 Å². The molecule has 1 unspecified atom stereocenters. The lowest BCUT2D eigenvalue weighted by Crippen LogP contribution is -2.20. The van der Waals surface area contributed by atoms with E-state index in [1.54, 1.807) is 0 Å². The Kier molecular flexibility index (Phi) is 2.66. The van der Waals surface area contributed by atoms with E-state index >= 15 is 0 Å². The van der Waals surface area contributed by atoms with E-state index in [4.69, 9.17) is 0 Å². The van der Waals surface area contributed by atoms with Crippen LogP contribution in [-0.4, -0.2) is 11.5 Å². The van der Waals surface area contributed by atoms with Gasteiger partial charge in [-0.1, -0.05) is 31.0 Å². The van der Waals surface area contributed by atoms with Gasteiger partial charge < -0.3 is 10.3 Å². The highest BCUT2D eigenvalue weighted by Crippen LogP contribution is 2.28. The SMILES string of the molecule is c1cc(C2CCCCCN2)c2[nH]ccc2c1. The average molecular weight is 214 g/mol. The third-order valence-electron chi connectivity index (χ3n) is 3.56. The predicted molar refractivity (Wildman–Crippen MR) is 67.5 cm³/mol. The largest absolute Gasteiger partial charge is 0.361 e. The molecule has 2 N–H and O–H groups in total. The Morgan fingerprint density at radius 2 is 2.06 bits per heavy atom. The zero-order valence-electron chi connectivity index (χ0n) is 9.50. The molecule has 0 saturated carbocycles. The molecule has 2 aromatic rings. The van der Waals surface area contributed by atoms with Crippen molar-refractivity contribution < 1.29 is 0 Å². The standard InChI is InChI=1S/C14H18N2/c1-2-7-13(15-9-3-1)12-6-4-5-11-8-10-16-14(11)12/h4-6,8,10,13,15-16H,1-3,7,9H2. The summed E-state index contributed by atoms with van der Waals surface area (Å²) in [4.78, 5) is 3.37. The van der Waals surface area contributed by atoms with Crippen molar-refractivity contribution in [2.24, 2.45) is 0 Å². The predicted octanol–water partition coefficient (Wildman–Crippen LogP) is 3.37. The summed E-state index contributed by atoms with van der Waals surface area (Å²) in [5.74, 6) is 0. The van der Waals surface area contributed by atoms with Gasteiger partial charge in [0.1, 0.15) is 0 Å². The number of aromatic nitrogens is 1. The molecule has 0 spiro atoms. The average Bonchev–Trinajstić information content (AvgIpc) is 2.63. The maximum absolute atomic E-state index is 3.66. The minimum atomic E-state index is 0.532. The maximum Gasteiger partial charge on any atom is 0.0502 e. The zero-order valence-corrected chi connectivity index (χ0v) is 9.50. The van der Waals surface area contributed by atoms with Crippen LogP contribution in [0.3, 0.4) is 0 Å². The second-order valence-electron chi connectivity index (χ2n) is 4.65. The molecule has 16 heavy (non-hydrogen) atoms.